The summed E-state index contributed by atoms with van der Waals surface area (Å²) in [5.41, 5.74) is 2.05. The first-order chi connectivity index (χ1) is 10.7. The molecule has 0 spiro atoms. The Bertz CT molecular complexity index is 641. The van der Waals surface area contributed by atoms with Gasteiger partial charge in [0.1, 0.15) is 5.75 Å². The Morgan fingerprint density at radius 2 is 1.77 bits per heavy atom. The summed E-state index contributed by atoms with van der Waals surface area (Å²) in [7, 11) is 0. The van der Waals surface area contributed by atoms with Crippen molar-refractivity contribution in [1.29, 1.82) is 0 Å². The smallest absolute Gasteiger partial charge is 0.126 e. The lowest BCUT2D eigenvalue weighted by Gasteiger charge is -2.08. The number of ether oxygens (including phenoxy) is 1. The van der Waals surface area contributed by atoms with E-state index < -0.39 is 0 Å². The number of hydrogen-bond donors (Lipinski definition) is 0. The van der Waals surface area contributed by atoms with Gasteiger partial charge in [0.05, 0.1) is 16.7 Å². The fraction of sp³-hybridized carbons (Fsp3) is 0.222. The summed E-state index contributed by atoms with van der Waals surface area (Å²) < 4.78 is 5.85. The Hall–Kier alpha value is -0.960. The van der Waals surface area contributed by atoms with Crippen molar-refractivity contribution in [3.63, 3.8) is 0 Å². The second kappa shape index (κ2) is 9.24. The fourth-order valence-electron chi connectivity index (χ4n) is 1.93. The minimum absolute atomic E-state index is 0.558. The average Bonchev–Trinajstić information content (AvgIpc) is 2.53. The first-order valence-electron chi connectivity index (χ1n) is 7.11. The highest BCUT2D eigenvalue weighted by atomic mass is 79.9. The van der Waals surface area contributed by atoms with Crippen LogP contribution in [0.15, 0.2) is 42.5 Å². The molecule has 2 aromatic carbocycles. The summed E-state index contributed by atoms with van der Waals surface area (Å²) in [6.45, 7) is 0.725. The van der Waals surface area contributed by atoms with Crippen LogP contribution in [0.2, 0.25) is 10.0 Å². The van der Waals surface area contributed by atoms with Gasteiger partial charge in [0.25, 0.3) is 0 Å². The molecule has 0 unspecified atom stereocenters. The van der Waals surface area contributed by atoms with Crippen LogP contribution in [0.1, 0.15) is 24.0 Å². The van der Waals surface area contributed by atoms with Crippen LogP contribution in [0.25, 0.3) is 12.2 Å². The van der Waals surface area contributed by atoms with Gasteiger partial charge in [0.15, 0.2) is 0 Å². The molecule has 0 saturated carbocycles. The van der Waals surface area contributed by atoms with E-state index in [4.69, 9.17) is 27.9 Å². The van der Waals surface area contributed by atoms with Crippen LogP contribution in [-0.4, -0.2) is 11.9 Å². The van der Waals surface area contributed by atoms with E-state index in [-0.39, 0.29) is 0 Å². The van der Waals surface area contributed by atoms with E-state index in [1.807, 2.05) is 48.6 Å². The third kappa shape index (κ3) is 5.35. The van der Waals surface area contributed by atoms with Crippen LogP contribution in [0.4, 0.5) is 0 Å². The lowest BCUT2D eigenvalue weighted by Crippen LogP contribution is -1.98. The maximum absolute atomic E-state index is 6.03. The summed E-state index contributed by atoms with van der Waals surface area (Å²) in [4.78, 5) is 0. The van der Waals surface area contributed by atoms with Crippen LogP contribution in [-0.2, 0) is 0 Å². The third-order valence-corrected chi connectivity index (χ3v) is 4.40. The predicted octanol–water partition coefficient (Wildman–Crippen LogP) is 6.72. The van der Waals surface area contributed by atoms with Crippen molar-refractivity contribution in [2.75, 3.05) is 11.9 Å². The first-order valence-corrected chi connectivity index (χ1v) is 8.99. The fourth-order valence-corrected chi connectivity index (χ4v) is 2.63. The molecular weight excluding hydrogens is 383 g/mol. The quantitative estimate of drug-likeness (QED) is 0.285. The third-order valence-electron chi connectivity index (χ3n) is 3.10. The van der Waals surface area contributed by atoms with Gasteiger partial charge in [-0.1, -0.05) is 75.5 Å². The lowest BCUT2D eigenvalue weighted by atomic mass is 10.1. The van der Waals surface area contributed by atoms with Crippen molar-refractivity contribution in [3.05, 3.63) is 63.6 Å². The molecule has 22 heavy (non-hydrogen) atoms. The summed E-state index contributed by atoms with van der Waals surface area (Å²) in [5.74, 6) is 0.897. The highest BCUT2D eigenvalue weighted by Gasteiger charge is 2.01. The molecular formula is C18H17BrCl2O. The Labute approximate surface area is 150 Å². The van der Waals surface area contributed by atoms with Crippen LogP contribution in [0.3, 0.4) is 0 Å². The maximum atomic E-state index is 6.03. The maximum Gasteiger partial charge on any atom is 0.126 e. The number of hydrogen-bond acceptors (Lipinski definition) is 1. The molecule has 0 fully saturated rings. The van der Waals surface area contributed by atoms with E-state index in [1.54, 1.807) is 6.07 Å². The van der Waals surface area contributed by atoms with Crippen molar-refractivity contribution < 1.29 is 4.74 Å². The molecule has 0 aliphatic heterocycles. The van der Waals surface area contributed by atoms with Gasteiger partial charge in [-0.15, -0.1) is 0 Å². The van der Waals surface area contributed by atoms with E-state index in [0.29, 0.717) is 10.0 Å². The molecule has 2 aromatic rings. The predicted molar refractivity (Wildman–Crippen MR) is 100 cm³/mol. The number of rotatable bonds is 7. The molecule has 1 nitrogen and oxygen atoms in total. The normalized spacial score (nSPS) is 11.0. The number of unbranched alkanes of at least 4 members (excludes halogenated alkanes) is 1. The summed E-state index contributed by atoms with van der Waals surface area (Å²) in [5, 5.41) is 2.13. The molecule has 0 aliphatic rings. The molecule has 0 aromatic heterocycles. The minimum atomic E-state index is 0.558. The number of para-hydroxylation sites is 1. The molecule has 0 N–H and O–H groups in total. The van der Waals surface area contributed by atoms with Gasteiger partial charge in [0.2, 0.25) is 0 Å². The largest absolute Gasteiger partial charge is 0.493 e. The summed E-state index contributed by atoms with van der Waals surface area (Å²) >= 11 is 15.4. The summed E-state index contributed by atoms with van der Waals surface area (Å²) in [6, 6.07) is 13.6. The monoisotopic (exact) mass is 398 g/mol. The highest BCUT2D eigenvalue weighted by molar-refractivity contribution is 9.09. The zero-order valence-corrected chi connectivity index (χ0v) is 15.2. The van der Waals surface area contributed by atoms with Gasteiger partial charge in [-0.2, -0.15) is 0 Å². The molecule has 0 amide bonds. The number of halogens is 3. The van der Waals surface area contributed by atoms with E-state index in [1.165, 1.54) is 0 Å². The molecule has 4 heteroatoms. The van der Waals surface area contributed by atoms with E-state index in [0.717, 1.165) is 41.7 Å². The van der Waals surface area contributed by atoms with Gasteiger partial charge in [-0.05, 0) is 36.6 Å². The molecule has 2 rings (SSSR count). The van der Waals surface area contributed by atoms with Gasteiger partial charge in [0, 0.05) is 10.9 Å². The van der Waals surface area contributed by atoms with Crippen LogP contribution < -0.4 is 4.74 Å². The van der Waals surface area contributed by atoms with Crippen molar-refractivity contribution in [2.45, 2.75) is 12.8 Å². The van der Waals surface area contributed by atoms with Crippen molar-refractivity contribution >= 4 is 51.3 Å². The lowest BCUT2D eigenvalue weighted by molar-refractivity contribution is 0.309. The number of benzene rings is 2. The highest BCUT2D eigenvalue weighted by Crippen LogP contribution is 2.25. The first kappa shape index (κ1) is 17.4. The Kier molecular flexibility index (Phi) is 7.31. The van der Waals surface area contributed by atoms with Crippen molar-refractivity contribution in [3.8, 4) is 5.75 Å². The van der Waals surface area contributed by atoms with Crippen molar-refractivity contribution in [1.82, 2.24) is 0 Å². The Morgan fingerprint density at radius 3 is 2.55 bits per heavy atom. The SMILES string of the molecule is Clc1ccc(/C=C/c2ccccc2OCCCCBr)cc1Cl. The molecule has 0 saturated heterocycles. The molecule has 0 atom stereocenters. The van der Waals surface area contributed by atoms with E-state index >= 15 is 0 Å². The zero-order valence-electron chi connectivity index (χ0n) is 12.1. The van der Waals surface area contributed by atoms with Gasteiger partial charge < -0.3 is 4.74 Å². The molecule has 0 heterocycles. The summed E-state index contributed by atoms with van der Waals surface area (Å²) in [6.07, 6.45) is 6.18. The average molecular weight is 400 g/mol. The van der Waals surface area contributed by atoms with Crippen molar-refractivity contribution in [2.24, 2.45) is 0 Å². The van der Waals surface area contributed by atoms with Crippen LogP contribution in [0.5, 0.6) is 5.75 Å². The molecule has 116 valence electrons. The van der Waals surface area contributed by atoms with E-state index in [9.17, 15) is 0 Å². The Balaban J connectivity index is 2.08. The number of alkyl halides is 1. The van der Waals surface area contributed by atoms with Crippen LogP contribution in [0, 0.1) is 0 Å². The minimum Gasteiger partial charge on any atom is -0.493 e. The second-order valence-electron chi connectivity index (χ2n) is 4.79. The zero-order chi connectivity index (χ0) is 15.8. The van der Waals surface area contributed by atoms with E-state index in [2.05, 4.69) is 15.9 Å². The second-order valence-corrected chi connectivity index (χ2v) is 6.40. The molecule has 0 bridgehead atoms. The topological polar surface area (TPSA) is 9.23 Å². The molecule has 0 aliphatic carbocycles. The van der Waals surface area contributed by atoms with Gasteiger partial charge in [-0.3, -0.25) is 0 Å². The molecule has 0 radical (unpaired) electrons. The van der Waals surface area contributed by atoms with Crippen LogP contribution >= 0.6 is 39.1 Å². The van der Waals surface area contributed by atoms with Gasteiger partial charge >= 0.3 is 0 Å². The van der Waals surface area contributed by atoms with Gasteiger partial charge in [-0.25, -0.2) is 0 Å². The Morgan fingerprint density at radius 1 is 0.955 bits per heavy atom. The standard InChI is InChI=1S/C18H17BrCl2O/c19-11-3-4-12-22-18-6-2-1-5-15(18)9-7-14-8-10-16(20)17(21)13-14/h1-2,5-10,13H,3-4,11-12H2/b9-7+.